The molecular formula is C14H18N2O2. The third-order valence-corrected chi connectivity index (χ3v) is 3.13. The van der Waals surface area contributed by atoms with Crippen LogP contribution in [0.15, 0.2) is 23.0 Å². The van der Waals surface area contributed by atoms with E-state index in [1.54, 1.807) is 28.3 Å². The van der Waals surface area contributed by atoms with E-state index < -0.39 is 0 Å². The Bertz CT molecular complexity index is 684. The molecule has 4 heteroatoms. The number of rotatable bonds is 1. The van der Waals surface area contributed by atoms with E-state index in [-0.39, 0.29) is 17.0 Å². The second kappa shape index (κ2) is 3.83. The number of hydrogen-bond acceptors (Lipinski definition) is 2. The number of Topliss-reactive ketones (excluding diaryl/α,β-unsaturated/α-hetero) is 1. The van der Waals surface area contributed by atoms with Crippen molar-refractivity contribution in [1.29, 1.82) is 0 Å². The summed E-state index contributed by atoms with van der Waals surface area (Å²) in [4.78, 5) is 23.7. The quantitative estimate of drug-likeness (QED) is 0.725. The van der Waals surface area contributed by atoms with Gasteiger partial charge in [-0.3, -0.25) is 13.9 Å². The highest BCUT2D eigenvalue weighted by molar-refractivity contribution is 5.97. The van der Waals surface area contributed by atoms with Crippen LogP contribution in [0.25, 0.3) is 11.0 Å². The van der Waals surface area contributed by atoms with Gasteiger partial charge >= 0.3 is 5.69 Å². The van der Waals surface area contributed by atoms with Gasteiger partial charge in [-0.05, 0) is 45.9 Å². The van der Waals surface area contributed by atoms with Crippen molar-refractivity contribution in [3.05, 3.63) is 34.2 Å². The fourth-order valence-corrected chi connectivity index (χ4v) is 2.20. The number of aromatic nitrogens is 2. The van der Waals surface area contributed by atoms with Crippen LogP contribution in [0.1, 0.15) is 38.1 Å². The second-order valence-corrected chi connectivity index (χ2v) is 5.61. The molecule has 0 unspecified atom stereocenters. The molecule has 96 valence electrons. The van der Waals surface area contributed by atoms with Crippen LogP contribution in [0, 0.1) is 0 Å². The van der Waals surface area contributed by atoms with Crippen molar-refractivity contribution in [3.63, 3.8) is 0 Å². The molecule has 1 aromatic carbocycles. The molecule has 2 rings (SSSR count). The van der Waals surface area contributed by atoms with Gasteiger partial charge in [0, 0.05) is 18.2 Å². The molecule has 0 saturated heterocycles. The molecule has 0 saturated carbocycles. The molecule has 2 aromatic rings. The van der Waals surface area contributed by atoms with Crippen LogP contribution in [-0.2, 0) is 12.6 Å². The fourth-order valence-electron chi connectivity index (χ4n) is 2.20. The average Bonchev–Trinajstić information content (AvgIpc) is 2.50. The smallest absolute Gasteiger partial charge is 0.295 e. The molecule has 0 aliphatic rings. The van der Waals surface area contributed by atoms with Crippen LogP contribution in [0.2, 0.25) is 0 Å². The summed E-state index contributed by atoms with van der Waals surface area (Å²) in [6.45, 7) is 7.51. The van der Waals surface area contributed by atoms with Crippen molar-refractivity contribution in [2.75, 3.05) is 0 Å². The molecule has 0 N–H and O–H groups in total. The standard InChI is InChI=1S/C14H18N2O2/c1-9(17)10-6-7-11-12(8-10)15(5)13(18)16(11)14(2,3)4/h6-8H,1-5H3. The molecular weight excluding hydrogens is 228 g/mol. The van der Waals surface area contributed by atoms with E-state index in [1.807, 2.05) is 26.8 Å². The summed E-state index contributed by atoms with van der Waals surface area (Å²) in [5.74, 6) is 0.00728. The lowest BCUT2D eigenvalue weighted by Crippen LogP contribution is -2.34. The minimum Gasteiger partial charge on any atom is -0.295 e. The molecule has 1 heterocycles. The maximum Gasteiger partial charge on any atom is 0.329 e. The lowest BCUT2D eigenvalue weighted by atomic mass is 10.1. The van der Waals surface area contributed by atoms with E-state index >= 15 is 0 Å². The second-order valence-electron chi connectivity index (χ2n) is 5.61. The van der Waals surface area contributed by atoms with E-state index in [2.05, 4.69) is 0 Å². The molecule has 0 fully saturated rings. The van der Waals surface area contributed by atoms with Gasteiger partial charge in [0.25, 0.3) is 0 Å². The first-order chi connectivity index (χ1) is 8.23. The monoisotopic (exact) mass is 246 g/mol. The molecule has 0 aliphatic heterocycles. The Morgan fingerprint density at radius 3 is 2.28 bits per heavy atom. The Balaban J connectivity index is 2.89. The van der Waals surface area contributed by atoms with Crippen LogP contribution in [0.5, 0.6) is 0 Å². The number of fused-ring (bicyclic) bond motifs is 1. The van der Waals surface area contributed by atoms with Gasteiger partial charge in [-0.25, -0.2) is 4.79 Å². The van der Waals surface area contributed by atoms with Gasteiger partial charge < -0.3 is 0 Å². The van der Waals surface area contributed by atoms with Gasteiger partial charge in [0.2, 0.25) is 0 Å². The Labute approximate surface area is 106 Å². The summed E-state index contributed by atoms with van der Waals surface area (Å²) < 4.78 is 3.35. The predicted octanol–water partition coefficient (Wildman–Crippen LogP) is 2.30. The summed E-state index contributed by atoms with van der Waals surface area (Å²) in [5.41, 5.74) is 1.94. The van der Waals surface area contributed by atoms with E-state index in [1.165, 1.54) is 6.92 Å². The minimum absolute atomic E-state index is 0.00728. The van der Waals surface area contributed by atoms with Crippen LogP contribution in [0.3, 0.4) is 0 Å². The first-order valence-corrected chi connectivity index (χ1v) is 5.96. The zero-order valence-corrected chi connectivity index (χ0v) is 11.4. The Morgan fingerprint density at radius 2 is 1.78 bits per heavy atom. The van der Waals surface area contributed by atoms with Crippen molar-refractivity contribution in [1.82, 2.24) is 9.13 Å². The Kier molecular flexibility index (Phi) is 2.69. The molecule has 4 nitrogen and oxygen atoms in total. The molecule has 0 atom stereocenters. The van der Waals surface area contributed by atoms with Gasteiger partial charge in [-0.15, -0.1) is 0 Å². The lowest BCUT2D eigenvalue weighted by molar-refractivity contribution is 0.101. The summed E-state index contributed by atoms with van der Waals surface area (Å²) in [6, 6.07) is 5.40. The maximum atomic E-state index is 12.3. The van der Waals surface area contributed by atoms with E-state index in [0.717, 1.165) is 11.0 Å². The topological polar surface area (TPSA) is 44.0 Å². The van der Waals surface area contributed by atoms with Gasteiger partial charge in [-0.1, -0.05) is 0 Å². The zero-order chi connectivity index (χ0) is 13.7. The highest BCUT2D eigenvalue weighted by atomic mass is 16.2. The first-order valence-electron chi connectivity index (χ1n) is 5.96. The predicted molar refractivity (Wildman–Crippen MR) is 72.2 cm³/mol. The number of carbonyl (C=O) groups excluding carboxylic acids is 1. The lowest BCUT2D eigenvalue weighted by Gasteiger charge is -2.20. The van der Waals surface area contributed by atoms with Gasteiger partial charge in [0.1, 0.15) is 0 Å². The molecule has 0 radical (unpaired) electrons. The summed E-state index contributed by atoms with van der Waals surface area (Å²) in [6.07, 6.45) is 0. The molecule has 0 spiro atoms. The van der Waals surface area contributed by atoms with Gasteiger partial charge in [0.05, 0.1) is 11.0 Å². The van der Waals surface area contributed by atoms with E-state index in [4.69, 9.17) is 0 Å². The maximum absolute atomic E-state index is 12.3. The van der Waals surface area contributed by atoms with Crippen molar-refractivity contribution >= 4 is 16.8 Å². The summed E-state index contributed by atoms with van der Waals surface area (Å²) >= 11 is 0. The number of aryl methyl sites for hydroxylation is 1. The van der Waals surface area contributed by atoms with Crippen molar-refractivity contribution in [3.8, 4) is 0 Å². The van der Waals surface area contributed by atoms with Crippen molar-refractivity contribution < 1.29 is 4.79 Å². The third kappa shape index (κ3) is 1.78. The normalized spacial score (nSPS) is 12.1. The zero-order valence-electron chi connectivity index (χ0n) is 11.4. The van der Waals surface area contributed by atoms with Crippen molar-refractivity contribution in [2.45, 2.75) is 33.2 Å². The summed E-state index contributed by atoms with van der Waals surface area (Å²) in [5, 5.41) is 0. The number of imidazole rings is 1. The van der Waals surface area contributed by atoms with Gasteiger partial charge in [-0.2, -0.15) is 0 Å². The number of benzene rings is 1. The van der Waals surface area contributed by atoms with Crippen molar-refractivity contribution in [2.24, 2.45) is 7.05 Å². The average molecular weight is 246 g/mol. The fraction of sp³-hybridized carbons (Fsp3) is 0.429. The largest absolute Gasteiger partial charge is 0.329 e. The highest BCUT2D eigenvalue weighted by Crippen LogP contribution is 2.21. The number of carbonyl (C=O) groups is 1. The number of hydrogen-bond donors (Lipinski definition) is 0. The number of nitrogens with zero attached hydrogens (tertiary/aromatic N) is 2. The van der Waals surface area contributed by atoms with E-state index in [9.17, 15) is 9.59 Å². The van der Waals surface area contributed by atoms with Crippen LogP contribution in [-0.4, -0.2) is 14.9 Å². The minimum atomic E-state index is -0.283. The van der Waals surface area contributed by atoms with Gasteiger partial charge in [0.15, 0.2) is 5.78 Å². The Morgan fingerprint density at radius 1 is 1.17 bits per heavy atom. The SMILES string of the molecule is CC(=O)c1ccc2c(c1)n(C)c(=O)n2C(C)(C)C. The molecule has 18 heavy (non-hydrogen) atoms. The van der Waals surface area contributed by atoms with Crippen LogP contribution < -0.4 is 5.69 Å². The van der Waals surface area contributed by atoms with E-state index in [0.29, 0.717) is 5.56 Å². The molecule has 1 aromatic heterocycles. The van der Waals surface area contributed by atoms with Crippen LogP contribution in [0.4, 0.5) is 0 Å². The Hall–Kier alpha value is -1.84. The molecule has 0 aliphatic carbocycles. The highest BCUT2D eigenvalue weighted by Gasteiger charge is 2.21. The summed E-state index contributed by atoms with van der Waals surface area (Å²) in [7, 11) is 1.73. The molecule has 0 amide bonds. The van der Waals surface area contributed by atoms with Crippen LogP contribution >= 0.6 is 0 Å². The number of ketones is 1. The first kappa shape index (κ1) is 12.6. The third-order valence-electron chi connectivity index (χ3n) is 3.13. The molecule has 0 bridgehead atoms.